The number of rotatable bonds is 7. The molecule has 0 heterocycles. The van der Waals surface area contributed by atoms with Gasteiger partial charge in [-0.05, 0) is 13.8 Å². The molecule has 6 nitrogen and oxygen atoms in total. The lowest BCUT2D eigenvalue weighted by molar-refractivity contribution is -0.147. The number of hydrogen-bond donors (Lipinski definition) is 2. The maximum Gasteiger partial charge on any atom is 0.320 e. The molecular weight excluding hydrogens is 214 g/mol. The predicted molar refractivity (Wildman–Crippen MR) is 56.2 cm³/mol. The summed E-state index contributed by atoms with van der Waals surface area (Å²) in [5.41, 5.74) is 0. The van der Waals surface area contributed by atoms with E-state index in [0.717, 1.165) is 0 Å². The molecule has 0 aliphatic carbocycles. The second-order valence-electron chi connectivity index (χ2n) is 3.88. The van der Waals surface area contributed by atoms with E-state index >= 15 is 0 Å². The highest BCUT2D eigenvalue weighted by molar-refractivity contribution is 5.79. The van der Waals surface area contributed by atoms with Crippen molar-refractivity contribution in [2.45, 2.75) is 26.8 Å². The fraction of sp³-hybridized carbons (Fsp3) is 0.700. The lowest BCUT2D eigenvalue weighted by atomic mass is 10.1. The van der Waals surface area contributed by atoms with Crippen molar-refractivity contribution in [3.05, 3.63) is 0 Å². The van der Waals surface area contributed by atoms with E-state index in [2.05, 4.69) is 0 Å². The Morgan fingerprint density at radius 2 is 1.62 bits per heavy atom. The molecule has 0 aromatic rings. The van der Waals surface area contributed by atoms with Crippen molar-refractivity contribution in [2.75, 3.05) is 13.1 Å². The summed E-state index contributed by atoms with van der Waals surface area (Å²) < 4.78 is 0. The van der Waals surface area contributed by atoms with Gasteiger partial charge < -0.3 is 10.2 Å². The lowest BCUT2D eigenvalue weighted by Gasteiger charge is -2.26. The Morgan fingerprint density at radius 3 is 1.94 bits per heavy atom. The van der Waals surface area contributed by atoms with Gasteiger partial charge >= 0.3 is 11.9 Å². The summed E-state index contributed by atoms with van der Waals surface area (Å²) in [5, 5.41) is 17.5. The van der Waals surface area contributed by atoms with Gasteiger partial charge in [0, 0.05) is 6.54 Å². The summed E-state index contributed by atoms with van der Waals surface area (Å²) in [5.74, 6) is -2.98. The van der Waals surface area contributed by atoms with Crippen LogP contribution in [0.2, 0.25) is 0 Å². The molecule has 2 atom stereocenters. The van der Waals surface area contributed by atoms with Crippen molar-refractivity contribution in [3.63, 3.8) is 0 Å². The van der Waals surface area contributed by atoms with E-state index in [-0.39, 0.29) is 18.9 Å². The second-order valence-corrected chi connectivity index (χ2v) is 3.88. The minimum Gasteiger partial charge on any atom is -0.481 e. The van der Waals surface area contributed by atoms with Crippen molar-refractivity contribution in [1.29, 1.82) is 0 Å². The minimum absolute atomic E-state index is 0.0440. The number of nitrogens with zero attached hydrogens (tertiary/aromatic N) is 1. The van der Waals surface area contributed by atoms with Gasteiger partial charge in [0.25, 0.3) is 0 Å². The lowest BCUT2D eigenvalue weighted by Crippen LogP contribution is -2.44. The van der Waals surface area contributed by atoms with E-state index in [9.17, 15) is 14.4 Å². The maximum atomic E-state index is 11.0. The number of ketones is 1. The van der Waals surface area contributed by atoms with Crippen LogP contribution in [0.25, 0.3) is 0 Å². The molecule has 0 fully saturated rings. The summed E-state index contributed by atoms with van der Waals surface area (Å²) in [6.07, 6.45) is 0. The van der Waals surface area contributed by atoms with Crippen LogP contribution >= 0.6 is 0 Å². The number of aliphatic carboxylic acids is 2. The van der Waals surface area contributed by atoms with E-state index in [4.69, 9.17) is 10.2 Å². The molecule has 6 heteroatoms. The van der Waals surface area contributed by atoms with Gasteiger partial charge in [0.2, 0.25) is 0 Å². The zero-order valence-corrected chi connectivity index (χ0v) is 9.64. The van der Waals surface area contributed by atoms with Crippen LogP contribution in [0.15, 0.2) is 0 Å². The van der Waals surface area contributed by atoms with E-state index in [1.54, 1.807) is 0 Å². The Kier molecular flexibility index (Phi) is 5.66. The first kappa shape index (κ1) is 14.6. The molecule has 0 rings (SSSR count). The van der Waals surface area contributed by atoms with Gasteiger partial charge in [-0.3, -0.25) is 19.3 Å². The van der Waals surface area contributed by atoms with Crippen molar-refractivity contribution in [1.82, 2.24) is 4.90 Å². The molecule has 0 spiro atoms. The molecule has 0 amide bonds. The van der Waals surface area contributed by atoms with Gasteiger partial charge in [-0.2, -0.15) is 0 Å². The van der Waals surface area contributed by atoms with Gasteiger partial charge in [0.1, 0.15) is 11.8 Å². The first-order valence-corrected chi connectivity index (χ1v) is 4.94. The highest BCUT2D eigenvalue weighted by Crippen LogP contribution is 2.06. The Morgan fingerprint density at radius 1 is 1.12 bits per heavy atom. The molecule has 0 aromatic heterocycles. The Balaban J connectivity index is 4.60. The van der Waals surface area contributed by atoms with E-state index in [0.29, 0.717) is 0 Å². The highest BCUT2D eigenvalue weighted by Gasteiger charge is 2.25. The SMILES string of the molecule is CC(=O)CN(CC(C)C(=O)O)C(C)C(=O)O. The summed E-state index contributed by atoms with van der Waals surface area (Å²) >= 11 is 0. The Hall–Kier alpha value is -1.43. The summed E-state index contributed by atoms with van der Waals surface area (Å²) in [4.78, 5) is 33.7. The van der Waals surface area contributed by atoms with Crippen molar-refractivity contribution >= 4 is 17.7 Å². The van der Waals surface area contributed by atoms with Crippen LogP contribution in [0.4, 0.5) is 0 Å². The van der Waals surface area contributed by atoms with Crippen molar-refractivity contribution < 1.29 is 24.6 Å². The van der Waals surface area contributed by atoms with Gasteiger partial charge in [-0.1, -0.05) is 6.92 Å². The van der Waals surface area contributed by atoms with Crippen LogP contribution in [-0.2, 0) is 14.4 Å². The van der Waals surface area contributed by atoms with Crippen LogP contribution < -0.4 is 0 Å². The molecule has 0 aromatic carbocycles. The maximum absolute atomic E-state index is 11.0. The summed E-state index contributed by atoms with van der Waals surface area (Å²) in [7, 11) is 0. The van der Waals surface area contributed by atoms with E-state index in [1.807, 2.05) is 0 Å². The van der Waals surface area contributed by atoms with Gasteiger partial charge in [0.15, 0.2) is 0 Å². The van der Waals surface area contributed by atoms with Crippen molar-refractivity contribution in [3.8, 4) is 0 Å². The normalized spacial score (nSPS) is 14.5. The quantitative estimate of drug-likeness (QED) is 0.644. The summed E-state index contributed by atoms with van der Waals surface area (Å²) in [6.45, 7) is 4.24. The average Bonchev–Trinajstić information content (AvgIpc) is 2.14. The number of carbonyl (C=O) groups is 3. The molecular formula is C10H17NO5. The highest BCUT2D eigenvalue weighted by atomic mass is 16.4. The van der Waals surface area contributed by atoms with Crippen LogP contribution in [-0.4, -0.2) is 52.0 Å². The number of hydrogen-bond acceptors (Lipinski definition) is 4. The Bertz CT molecular complexity index is 289. The average molecular weight is 231 g/mol. The molecule has 0 aliphatic rings. The zero-order chi connectivity index (χ0) is 12.9. The zero-order valence-electron chi connectivity index (χ0n) is 9.64. The fourth-order valence-corrected chi connectivity index (χ4v) is 1.23. The smallest absolute Gasteiger partial charge is 0.320 e. The van der Waals surface area contributed by atoms with E-state index in [1.165, 1.54) is 25.7 Å². The topological polar surface area (TPSA) is 94.9 Å². The van der Waals surface area contributed by atoms with E-state index < -0.39 is 23.9 Å². The predicted octanol–water partition coefficient (Wildman–Crippen LogP) is 0.0712. The number of carbonyl (C=O) groups excluding carboxylic acids is 1. The first-order valence-electron chi connectivity index (χ1n) is 4.94. The summed E-state index contributed by atoms with van der Waals surface area (Å²) in [6, 6.07) is -0.870. The molecule has 0 radical (unpaired) electrons. The van der Waals surface area contributed by atoms with Crippen LogP contribution in [0.1, 0.15) is 20.8 Å². The fourth-order valence-electron chi connectivity index (χ4n) is 1.23. The molecule has 0 saturated heterocycles. The van der Waals surface area contributed by atoms with Crippen LogP contribution in [0, 0.1) is 5.92 Å². The number of carboxylic acids is 2. The molecule has 2 unspecified atom stereocenters. The number of Topliss-reactive ketones (excluding diaryl/α,β-unsaturated/α-hetero) is 1. The third kappa shape index (κ3) is 4.88. The molecule has 0 aliphatic heterocycles. The largest absolute Gasteiger partial charge is 0.481 e. The third-order valence-corrected chi connectivity index (χ3v) is 2.26. The molecule has 0 saturated carbocycles. The molecule has 92 valence electrons. The molecule has 0 bridgehead atoms. The standard InChI is InChI=1S/C10H17NO5/c1-6(9(13)14)4-11(5-7(2)12)8(3)10(15)16/h6,8H,4-5H2,1-3H3,(H,13,14)(H,15,16). The molecule has 16 heavy (non-hydrogen) atoms. The van der Waals surface area contributed by atoms with Crippen molar-refractivity contribution in [2.24, 2.45) is 5.92 Å². The Labute approximate surface area is 93.9 Å². The molecule has 2 N–H and O–H groups in total. The van der Waals surface area contributed by atoms with Gasteiger partial charge in [-0.15, -0.1) is 0 Å². The van der Waals surface area contributed by atoms with Gasteiger partial charge in [0.05, 0.1) is 12.5 Å². The number of carboxylic acid groups (broad SMARTS) is 2. The second kappa shape index (κ2) is 6.22. The minimum atomic E-state index is -1.07. The third-order valence-electron chi connectivity index (χ3n) is 2.26. The van der Waals surface area contributed by atoms with Crippen LogP contribution in [0.5, 0.6) is 0 Å². The monoisotopic (exact) mass is 231 g/mol. The van der Waals surface area contributed by atoms with Crippen LogP contribution in [0.3, 0.4) is 0 Å². The first-order chi connectivity index (χ1) is 7.25. The van der Waals surface area contributed by atoms with Gasteiger partial charge in [-0.25, -0.2) is 0 Å².